The summed E-state index contributed by atoms with van der Waals surface area (Å²) in [5.41, 5.74) is 2.88. The molecule has 1 fully saturated rings. The fourth-order valence-corrected chi connectivity index (χ4v) is 3.81. The molecule has 1 aromatic carbocycles. The second-order valence-electron chi connectivity index (χ2n) is 6.51. The molecule has 3 N–H and O–H groups in total. The van der Waals surface area contributed by atoms with Gasteiger partial charge in [0.25, 0.3) is 0 Å². The number of thiocarbonyl (C=S) groups is 1. The fraction of sp³-hybridized carbons (Fsp3) is 0.611. The number of fused-ring (bicyclic) bond motifs is 1. The van der Waals surface area contributed by atoms with Crippen LogP contribution in [0.3, 0.4) is 0 Å². The molecule has 4 nitrogen and oxygen atoms in total. The minimum Gasteiger partial charge on any atom is -0.370 e. The maximum absolute atomic E-state index is 5.48. The van der Waals surface area contributed by atoms with Crippen LogP contribution in [0.15, 0.2) is 24.3 Å². The summed E-state index contributed by atoms with van der Waals surface area (Å²) in [6, 6.07) is 9.10. The first kappa shape index (κ1) is 16.7. The zero-order valence-electron chi connectivity index (χ0n) is 13.8. The van der Waals surface area contributed by atoms with Gasteiger partial charge in [-0.25, -0.2) is 0 Å². The van der Waals surface area contributed by atoms with E-state index in [0.29, 0.717) is 6.04 Å². The Morgan fingerprint density at radius 2 is 2.09 bits per heavy atom. The Morgan fingerprint density at radius 3 is 2.96 bits per heavy atom. The van der Waals surface area contributed by atoms with E-state index < -0.39 is 0 Å². The summed E-state index contributed by atoms with van der Waals surface area (Å²) in [6.07, 6.45) is 4.74. The molecule has 1 aromatic rings. The van der Waals surface area contributed by atoms with Crippen molar-refractivity contribution in [2.45, 2.75) is 31.7 Å². The Bertz CT molecular complexity index is 517. The van der Waals surface area contributed by atoms with Crippen molar-refractivity contribution in [3.8, 4) is 0 Å². The Kier molecular flexibility index (Phi) is 6.25. The zero-order chi connectivity index (χ0) is 15.9. The molecule has 0 spiro atoms. The predicted octanol–water partition coefficient (Wildman–Crippen LogP) is 0.833. The van der Waals surface area contributed by atoms with Crippen LogP contribution < -0.4 is 15.5 Å². The third-order valence-corrected chi connectivity index (χ3v) is 5.13. The summed E-state index contributed by atoms with van der Waals surface area (Å²) in [5.74, 6) is 0. The van der Waals surface area contributed by atoms with Crippen molar-refractivity contribution in [1.82, 2.24) is 10.6 Å². The first-order valence-corrected chi connectivity index (χ1v) is 9.27. The van der Waals surface area contributed by atoms with Gasteiger partial charge in [-0.15, -0.1) is 0 Å². The highest BCUT2D eigenvalue weighted by atomic mass is 32.1. The van der Waals surface area contributed by atoms with E-state index in [1.54, 1.807) is 4.90 Å². The lowest BCUT2D eigenvalue weighted by molar-refractivity contribution is -0.908. The number of benzene rings is 1. The van der Waals surface area contributed by atoms with E-state index >= 15 is 0 Å². The molecule has 0 unspecified atom stereocenters. The molecule has 0 bridgehead atoms. The van der Waals surface area contributed by atoms with Crippen LogP contribution in [0.25, 0.3) is 0 Å². The number of hydrogen-bond acceptors (Lipinski definition) is 2. The highest BCUT2D eigenvalue weighted by molar-refractivity contribution is 7.80. The highest BCUT2D eigenvalue weighted by Gasteiger charge is 2.20. The molecule has 0 saturated carbocycles. The van der Waals surface area contributed by atoms with Gasteiger partial charge in [-0.05, 0) is 42.6 Å². The standard InChI is InChI=1S/C18H27N3OS/c23-18(19-9-4-10-21-11-13-22-14-12-21)20-17-8-3-6-15-5-1-2-7-16(15)17/h1-2,5,7,17H,3-4,6,8-14H2,(H2,19,20,23)/p+1/t17-/m1/s1. The van der Waals surface area contributed by atoms with Crippen LogP contribution in [0.4, 0.5) is 0 Å². The van der Waals surface area contributed by atoms with Crippen LogP contribution >= 0.6 is 12.2 Å². The summed E-state index contributed by atoms with van der Waals surface area (Å²) >= 11 is 5.48. The third-order valence-electron chi connectivity index (χ3n) is 4.87. The number of rotatable bonds is 5. The Balaban J connectivity index is 1.38. The summed E-state index contributed by atoms with van der Waals surface area (Å²) < 4.78 is 5.39. The lowest BCUT2D eigenvalue weighted by Gasteiger charge is -2.27. The van der Waals surface area contributed by atoms with Crippen molar-refractivity contribution < 1.29 is 9.64 Å². The first-order valence-electron chi connectivity index (χ1n) is 8.86. The van der Waals surface area contributed by atoms with Crippen LogP contribution in [0.2, 0.25) is 0 Å². The van der Waals surface area contributed by atoms with Crippen LogP contribution in [0.5, 0.6) is 0 Å². The molecule has 1 atom stereocenters. The zero-order valence-corrected chi connectivity index (χ0v) is 14.6. The topological polar surface area (TPSA) is 37.7 Å². The maximum Gasteiger partial charge on any atom is 0.166 e. The lowest BCUT2D eigenvalue weighted by atomic mass is 9.88. The van der Waals surface area contributed by atoms with Gasteiger partial charge in [-0.3, -0.25) is 0 Å². The molecule has 1 aliphatic heterocycles. The van der Waals surface area contributed by atoms with Gasteiger partial charge in [-0.1, -0.05) is 24.3 Å². The number of quaternary nitrogens is 1. The van der Waals surface area contributed by atoms with Crippen molar-refractivity contribution in [3.63, 3.8) is 0 Å². The van der Waals surface area contributed by atoms with Gasteiger partial charge in [-0.2, -0.15) is 0 Å². The van der Waals surface area contributed by atoms with Gasteiger partial charge in [0.2, 0.25) is 0 Å². The molecule has 2 aliphatic rings. The number of aryl methyl sites for hydroxylation is 1. The van der Waals surface area contributed by atoms with E-state index in [0.717, 1.165) is 50.8 Å². The third kappa shape index (κ3) is 4.90. The van der Waals surface area contributed by atoms with E-state index in [1.165, 1.54) is 30.5 Å². The van der Waals surface area contributed by atoms with E-state index in [1.807, 2.05) is 0 Å². The van der Waals surface area contributed by atoms with Gasteiger partial charge in [0.05, 0.1) is 25.8 Å². The van der Waals surface area contributed by atoms with E-state index in [2.05, 4.69) is 34.9 Å². The van der Waals surface area contributed by atoms with Crippen molar-refractivity contribution in [2.24, 2.45) is 0 Å². The molecule has 1 saturated heterocycles. The second kappa shape index (κ2) is 8.62. The van der Waals surface area contributed by atoms with Crippen LogP contribution in [-0.4, -0.2) is 44.5 Å². The normalized spacial score (nSPS) is 21.5. The van der Waals surface area contributed by atoms with Crippen molar-refractivity contribution in [3.05, 3.63) is 35.4 Å². The quantitative estimate of drug-likeness (QED) is 0.551. The fourth-order valence-electron chi connectivity index (χ4n) is 3.56. The SMILES string of the molecule is S=C(NCCC[NH+]1CCOCC1)N[C@@H]1CCCc2ccccc21. The molecule has 1 aliphatic carbocycles. The Hall–Kier alpha value is -1.17. The van der Waals surface area contributed by atoms with Gasteiger partial charge in [0.15, 0.2) is 5.11 Å². The summed E-state index contributed by atoms with van der Waals surface area (Å²) in [4.78, 5) is 1.65. The summed E-state index contributed by atoms with van der Waals surface area (Å²) in [6.45, 7) is 6.24. The minimum atomic E-state index is 0.366. The summed E-state index contributed by atoms with van der Waals surface area (Å²) in [5, 5.41) is 7.68. The first-order chi connectivity index (χ1) is 11.3. The molecule has 0 aromatic heterocycles. The molecule has 5 heteroatoms. The van der Waals surface area contributed by atoms with Crippen LogP contribution in [0.1, 0.15) is 36.4 Å². The van der Waals surface area contributed by atoms with Crippen molar-refractivity contribution in [1.29, 1.82) is 0 Å². The number of nitrogens with one attached hydrogen (secondary N) is 3. The molecule has 126 valence electrons. The van der Waals surface area contributed by atoms with Gasteiger partial charge in [0.1, 0.15) is 13.1 Å². The van der Waals surface area contributed by atoms with Crippen LogP contribution in [-0.2, 0) is 11.2 Å². The minimum absolute atomic E-state index is 0.366. The second-order valence-corrected chi connectivity index (χ2v) is 6.92. The number of ether oxygens (including phenoxy) is 1. The van der Waals surface area contributed by atoms with Crippen molar-refractivity contribution in [2.75, 3.05) is 39.4 Å². The monoisotopic (exact) mass is 334 g/mol. The lowest BCUT2D eigenvalue weighted by Crippen LogP contribution is -3.14. The number of hydrogen-bond donors (Lipinski definition) is 3. The highest BCUT2D eigenvalue weighted by Crippen LogP contribution is 2.29. The molecule has 1 heterocycles. The molecule has 0 amide bonds. The summed E-state index contributed by atoms with van der Waals surface area (Å²) in [7, 11) is 0. The van der Waals surface area contributed by atoms with E-state index in [9.17, 15) is 0 Å². The van der Waals surface area contributed by atoms with Gasteiger partial charge >= 0.3 is 0 Å². The molecular weight excluding hydrogens is 306 g/mol. The largest absolute Gasteiger partial charge is 0.370 e. The predicted molar refractivity (Wildman–Crippen MR) is 96.9 cm³/mol. The Labute approximate surface area is 144 Å². The van der Waals surface area contributed by atoms with E-state index in [4.69, 9.17) is 17.0 Å². The van der Waals surface area contributed by atoms with Gasteiger partial charge < -0.3 is 20.3 Å². The van der Waals surface area contributed by atoms with E-state index in [-0.39, 0.29) is 0 Å². The molecule has 23 heavy (non-hydrogen) atoms. The maximum atomic E-state index is 5.48. The Morgan fingerprint density at radius 1 is 1.26 bits per heavy atom. The average Bonchev–Trinajstić information content (AvgIpc) is 2.60. The van der Waals surface area contributed by atoms with Gasteiger partial charge in [0, 0.05) is 13.0 Å². The van der Waals surface area contributed by atoms with Crippen LogP contribution in [0, 0.1) is 0 Å². The smallest absolute Gasteiger partial charge is 0.166 e. The number of morpholine rings is 1. The average molecular weight is 335 g/mol. The molecular formula is C18H28N3OS+. The van der Waals surface area contributed by atoms with Crippen molar-refractivity contribution >= 4 is 17.3 Å². The molecule has 0 radical (unpaired) electrons. The molecule has 3 rings (SSSR count).